The van der Waals surface area contributed by atoms with Gasteiger partial charge in [-0.2, -0.15) is 0 Å². The first-order chi connectivity index (χ1) is 15.3. The highest BCUT2D eigenvalue weighted by atomic mass is 19.1. The zero-order chi connectivity index (χ0) is 22.8. The fourth-order valence-electron chi connectivity index (χ4n) is 4.44. The number of nitrogens with two attached hydrogens (primary N) is 1. The summed E-state index contributed by atoms with van der Waals surface area (Å²) in [5, 5.41) is 2.67. The molecule has 0 radical (unpaired) electrons. The van der Waals surface area contributed by atoms with Crippen molar-refractivity contribution < 1.29 is 18.0 Å². The molecule has 5 nitrogen and oxygen atoms in total. The van der Waals surface area contributed by atoms with Crippen LogP contribution < -0.4 is 11.1 Å². The molecule has 0 aliphatic heterocycles. The first-order valence-electron chi connectivity index (χ1n) is 10.4. The quantitative estimate of drug-likeness (QED) is 0.595. The van der Waals surface area contributed by atoms with E-state index in [1.54, 1.807) is 6.20 Å². The van der Waals surface area contributed by atoms with E-state index in [4.69, 9.17) is 5.73 Å². The number of anilines is 1. The molecule has 0 saturated heterocycles. The van der Waals surface area contributed by atoms with Gasteiger partial charge in [-0.05, 0) is 67.0 Å². The van der Waals surface area contributed by atoms with E-state index in [0.29, 0.717) is 11.6 Å². The summed E-state index contributed by atoms with van der Waals surface area (Å²) in [5.74, 6) is -2.87. The molecule has 4 rings (SSSR count). The van der Waals surface area contributed by atoms with Crippen LogP contribution in [0, 0.1) is 23.4 Å². The number of rotatable bonds is 4. The van der Waals surface area contributed by atoms with Crippen LogP contribution in [0.4, 0.5) is 18.9 Å². The topological polar surface area (TPSA) is 80.9 Å². The van der Waals surface area contributed by atoms with E-state index in [0.717, 1.165) is 49.1 Å². The van der Waals surface area contributed by atoms with E-state index < -0.39 is 34.6 Å². The second-order valence-corrected chi connectivity index (χ2v) is 8.31. The molecule has 3 N–H and O–H groups in total. The van der Waals surface area contributed by atoms with Crippen LogP contribution in [-0.2, 0) is 0 Å². The summed E-state index contributed by atoms with van der Waals surface area (Å²) in [7, 11) is 0. The Morgan fingerprint density at radius 2 is 1.78 bits per heavy atom. The molecule has 2 heterocycles. The molecule has 1 fully saturated rings. The van der Waals surface area contributed by atoms with Crippen LogP contribution in [0.2, 0.25) is 0 Å². The maximum absolute atomic E-state index is 14.5. The van der Waals surface area contributed by atoms with Crippen molar-refractivity contribution in [2.45, 2.75) is 38.1 Å². The number of aromatic nitrogens is 2. The van der Waals surface area contributed by atoms with Crippen molar-refractivity contribution >= 4 is 11.6 Å². The number of hydrogen-bond donors (Lipinski definition) is 2. The van der Waals surface area contributed by atoms with Crippen molar-refractivity contribution in [2.75, 3.05) is 5.32 Å². The second kappa shape index (κ2) is 9.08. The average molecular weight is 440 g/mol. The minimum absolute atomic E-state index is 0.0620. The van der Waals surface area contributed by atoms with Crippen molar-refractivity contribution in [3.63, 3.8) is 0 Å². The molecule has 2 aromatic heterocycles. The monoisotopic (exact) mass is 440 g/mol. The van der Waals surface area contributed by atoms with Gasteiger partial charge < -0.3 is 11.1 Å². The van der Waals surface area contributed by atoms with Crippen LogP contribution >= 0.6 is 0 Å². The lowest BCUT2D eigenvalue weighted by Crippen LogP contribution is -2.31. The second-order valence-electron chi connectivity index (χ2n) is 8.31. The summed E-state index contributed by atoms with van der Waals surface area (Å²) in [6.07, 6.45) is 5.76. The van der Waals surface area contributed by atoms with Crippen LogP contribution in [0.5, 0.6) is 0 Å². The summed E-state index contributed by atoms with van der Waals surface area (Å²) in [5.41, 5.74) is 6.33. The molecule has 1 saturated carbocycles. The molecule has 0 unspecified atom stereocenters. The zero-order valence-electron chi connectivity index (χ0n) is 17.5. The van der Waals surface area contributed by atoms with Gasteiger partial charge in [0.1, 0.15) is 11.6 Å². The molecule has 1 amide bonds. The van der Waals surface area contributed by atoms with E-state index in [1.807, 2.05) is 6.07 Å². The minimum atomic E-state index is -0.901. The number of benzene rings is 1. The number of carbonyl (C=O) groups excluding carboxylic acids is 1. The molecule has 166 valence electrons. The molecule has 8 heteroatoms. The molecule has 32 heavy (non-hydrogen) atoms. The van der Waals surface area contributed by atoms with E-state index in [2.05, 4.69) is 22.2 Å². The molecular formula is C24H23F3N4O. The normalized spacial score (nSPS) is 20.7. The first-order valence-corrected chi connectivity index (χ1v) is 10.4. The molecule has 3 atom stereocenters. The molecule has 0 spiro atoms. The number of halogens is 3. The average Bonchev–Trinajstić information content (AvgIpc) is 2.74. The maximum Gasteiger partial charge on any atom is 0.277 e. The van der Waals surface area contributed by atoms with Crippen LogP contribution in [0.25, 0.3) is 11.3 Å². The van der Waals surface area contributed by atoms with Crippen molar-refractivity contribution in [2.24, 2.45) is 11.7 Å². The summed E-state index contributed by atoms with van der Waals surface area (Å²) in [6.45, 7) is 2.14. The minimum Gasteiger partial charge on any atom is -0.328 e. The number of nitrogens with one attached hydrogen (secondary N) is 1. The van der Waals surface area contributed by atoms with E-state index in [-0.39, 0.29) is 17.7 Å². The highest BCUT2D eigenvalue weighted by molar-refractivity contribution is 6.03. The molecule has 1 aliphatic rings. The van der Waals surface area contributed by atoms with Crippen molar-refractivity contribution in [1.29, 1.82) is 0 Å². The molecule has 1 aromatic carbocycles. The Bertz CT molecular complexity index is 1120. The highest BCUT2D eigenvalue weighted by Crippen LogP contribution is 2.38. The van der Waals surface area contributed by atoms with Gasteiger partial charge in [0.2, 0.25) is 0 Å². The summed E-state index contributed by atoms with van der Waals surface area (Å²) >= 11 is 0. The highest BCUT2D eigenvalue weighted by Gasteiger charge is 2.28. The summed E-state index contributed by atoms with van der Waals surface area (Å²) in [6, 6.07) is 7.34. The maximum atomic E-state index is 14.5. The Morgan fingerprint density at radius 3 is 2.50 bits per heavy atom. The van der Waals surface area contributed by atoms with Gasteiger partial charge in [0.15, 0.2) is 11.5 Å². The predicted octanol–water partition coefficient (Wildman–Crippen LogP) is 5.04. The SMILES string of the molecule is C[C@@H]1C[C@@H](N)C[C@H](c2ccncc2NC(=O)c2nc(-c3c(F)cccc3F)ccc2F)C1. The third-order valence-corrected chi connectivity index (χ3v) is 5.80. The van der Waals surface area contributed by atoms with Gasteiger partial charge in [0.05, 0.1) is 23.1 Å². The number of pyridine rings is 2. The first kappa shape index (κ1) is 22.0. The lowest BCUT2D eigenvalue weighted by molar-refractivity contribution is 0.101. The van der Waals surface area contributed by atoms with Crippen LogP contribution in [-0.4, -0.2) is 21.9 Å². The Kier molecular flexibility index (Phi) is 6.23. The molecular weight excluding hydrogens is 417 g/mol. The summed E-state index contributed by atoms with van der Waals surface area (Å²) in [4.78, 5) is 20.9. The number of hydrogen-bond acceptors (Lipinski definition) is 4. The van der Waals surface area contributed by atoms with Gasteiger partial charge in [0, 0.05) is 12.2 Å². The van der Waals surface area contributed by atoms with Gasteiger partial charge in [-0.25, -0.2) is 18.2 Å². The predicted molar refractivity (Wildman–Crippen MR) is 115 cm³/mol. The Balaban J connectivity index is 1.65. The van der Waals surface area contributed by atoms with E-state index in [9.17, 15) is 18.0 Å². The Morgan fingerprint density at radius 1 is 1.03 bits per heavy atom. The molecule has 1 aliphatic carbocycles. The van der Waals surface area contributed by atoms with E-state index in [1.165, 1.54) is 12.3 Å². The number of nitrogens with zero attached hydrogens (tertiary/aromatic N) is 2. The van der Waals surface area contributed by atoms with Gasteiger partial charge >= 0.3 is 0 Å². The van der Waals surface area contributed by atoms with Crippen molar-refractivity contribution in [1.82, 2.24) is 9.97 Å². The van der Waals surface area contributed by atoms with Crippen molar-refractivity contribution in [3.8, 4) is 11.3 Å². The summed E-state index contributed by atoms with van der Waals surface area (Å²) < 4.78 is 42.7. The smallest absolute Gasteiger partial charge is 0.277 e. The fraction of sp³-hybridized carbons (Fsp3) is 0.292. The van der Waals surface area contributed by atoms with Gasteiger partial charge in [-0.3, -0.25) is 9.78 Å². The van der Waals surface area contributed by atoms with Crippen LogP contribution in [0.3, 0.4) is 0 Å². The van der Waals surface area contributed by atoms with Gasteiger partial charge in [0.25, 0.3) is 5.91 Å². The number of amides is 1. The Labute approximate surface area is 183 Å². The standard InChI is InChI=1S/C24H23F3N4O/c1-13-9-14(11-15(28)10-13)16-7-8-29-12-21(16)31-24(32)23-19(27)5-6-20(30-23)22-17(25)3-2-4-18(22)26/h2-8,12-15H,9-11,28H2,1H3,(H,31,32)/t13-,14+,15+/m0/s1. The van der Waals surface area contributed by atoms with E-state index >= 15 is 0 Å². The molecule has 0 bridgehead atoms. The zero-order valence-corrected chi connectivity index (χ0v) is 17.5. The third-order valence-electron chi connectivity index (χ3n) is 5.80. The van der Waals surface area contributed by atoms with Crippen LogP contribution in [0.1, 0.15) is 48.2 Å². The lowest BCUT2D eigenvalue weighted by atomic mass is 9.76. The largest absolute Gasteiger partial charge is 0.328 e. The molecule has 3 aromatic rings. The fourth-order valence-corrected chi connectivity index (χ4v) is 4.44. The van der Waals surface area contributed by atoms with Gasteiger partial charge in [-0.1, -0.05) is 13.0 Å². The van der Waals surface area contributed by atoms with Crippen molar-refractivity contribution in [3.05, 3.63) is 77.5 Å². The lowest BCUT2D eigenvalue weighted by Gasteiger charge is -2.32. The van der Waals surface area contributed by atoms with Gasteiger partial charge in [-0.15, -0.1) is 0 Å². The Hall–Kier alpha value is -3.26. The third kappa shape index (κ3) is 4.50. The van der Waals surface area contributed by atoms with Crippen LogP contribution in [0.15, 0.2) is 48.8 Å². The number of carbonyl (C=O) groups is 1.